The van der Waals surface area contributed by atoms with Gasteiger partial charge in [0.15, 0.2) is 0 Å². The van der Waals surface area contributed by atoms with Gasteiger partial charge in [0.2, 0.25) is 0 Å². The van der Waals surface area contributed by atoms with E-state index >= 15 is 0 Å². The minimum Gasteiger partial charge on any atom is -0.481 e. The van der Waals surface area contributed by atoms with E-state index < -0.39 is 5.97 Å². The van der Waals surface area contributed by atoms with Gasteiger partial charge in [-0.1, -0.05) is 24.3 Å². The molecule has 0 heterocycles. The summed E-state index contributed by atoms with van der Waals surface area (Å²) in [5.74, 6) is -0.226. The Morgan fingerprint density at radius 3 is 2.47 bits per heavy atom. The van der Waals surface area contributed by atoms with Gasteiger partial charge in [0.05, 0.1) is 6.42 Å². The summed E-state index contributed by atoms with van der Waals surface area (Å²) in [6.45, 7) is 1.07. The topological polar surface area (TPSA) is 78.4 Å². The van der Waals surface area contributed by atoms with Gasteiger partial charge < -0.3 is 15.7 Å². The normalized spacial score (nSPS) is 13.9. The van der Waals surface area contributed by atoms with Crippen LogP contribution >= 0.6 is 0 Å². The highest BCUT2D eigenvalue weighted by molar-refractivity contribution is 5.74. The predicted molar refractivity (Wildman–Crippen MR) is 70.7 cm³/mol. The highest BCUT2D eigenvalue weighted by Crippen LogP contribution is 2.27. The number of carbonyl (C=O) groups excluding carboxylic acids is 1. The van der Waals surface area contributed by atoms with Gasteiger partial charge in [-0.3, -0.25) is 4.79 Å². The number of hydrogen-bond donors (Lipinski definition) is 3. The molecular weight excluding hydrogens is 244 g/mol. The molecule has 2 amide bonds. The van der Waals surface area contributed by atoms with Crippen LogP contribution < -0.4 is 10.6 Å². The summed E-state index contributed by atoms with van der Waals surface area (Å²) in [4.78, 5) is 22.3. The van der Waals surface area contributed by atoms with Gasteiger partial charge in [0, 0.05) is 13.1 Å². The number of hydrogen-bond acceptors (Lipinski definition) is 2. The quantitative estimate of drug-likeness (QED) is 0.727. The SMILES string of the molecule is O=C(O)Cc1ccccc1CNC(=O)NCC1CC1. The van der Waals surface area contributed by atoms with Crippen LogP contribution in [-0.2, 0) is 17.8 Å². The van der Waals surface area contributed by atoms with Gasteiger partial charge in [0.25, 0.3) is 0 Å². The molecule has 0 unspecified atom stereocenters. The molecule has 2 rings (SSSR count). The lowest BCUT2D eigenvalue weighted by molar-refractivity contribution is -0.136. The molecule has 1 saturated carbocycles. The van der Waals surface area contributed by atoms with Crippen LogP contribution in [0.5, 0.6) is 0 Å². The Balaban J connectivity index is 1.83. The van der Waals surface area contributed by atoms with Crippen molar-refractivity contribution in [3.63, 3.8) is 0 Å². The summed E-state index contributed by atoms with van der Waals surface area (Å²) in [5, 5.41) is 14.4. The fourth-order valence-corrected chi connectivity index (χ4v) is 1.86. The molecule has 1 aromatic carbocycles. The minimum atomic E-state index is -0.870. The van der Waals surface area contributed by atoms with Crippen molar-refractivity contribution in [1.82, 2.24) is 10.6 Å². The Bertz CT molecular complexity index is 470. The maximum atomic E-state index is 11.5. The first kappa shape index (κ1) is 13.4. The molecule has 0 radical (unpaired) electrons. The molecule has 0 aliphatic heterocycles. The minimum absolute atomic E-state index is 0.0262. The van der Waals surface area contributed by atoms with Crippen LogP contribution in [-0.4, -0.2) is 23.7 Å². The largest absolute Gasteiger partial charge is 0.481 e. The Morgan fingerprint density at radius 1 is 1.16 bits per heavy atom. The van der Waals surface area contributed by atoms with Crippen molar-refractivity contribution in [3.8, 4) is 0 Å². The second-order valence-corrected chi connectivity index (χ2v) is 4.85. The number of benzene rings is 1. The molecule has 5 nitrogen and oxygen atoms in total. The molecule has 0 atom stereocenters. The number of aliphatic carboxylic acids is 1. The van der Waals surface area contributed by atoms with Crippen LogP contribution in [0.2, 0.25) is 0 Å². The molecule has 1 aromatic rings. The van der Waals surface area contributed by atoms with Gasteiger partial charge in [-0.05, 0) is 29.9 Å². The van der Waals surface area contributed by atoms with Crippen molar-refractivity contribution in [3.05, 3.63) is 35.4 Å². The number of carboxylic acid groups (broad SMARTS) is 1. The number of rotatable bonds is 6. The summed E-state index contributed by atoms with van der Waals surface area (Å²) in [6, 6.07) is 7.04. The monoisotopic (exact) mass is 262 g/mol. The zero-order valence-corrected chi connectivity index (χ0v) is 10.7. The molecule has 19 heavy (non-hydrogen) atoms. The molecule has 5 heteroatoms. The van der Waals surface area contributed by atoms with Crippen molar-refractivity contribution in [2.24, 2.45) is 5.92 Å². The van der Waals surface area contributed by atoms with E-state index in [2.05, 4.69) is 10.6 Å². The fraction of sp³-hybridized carbons (Fsp3) is 0.429. The molecule has 0 spiro atoms. The highest BCUT2D eigenvalue weighted by atomic mass is 16.4. The number of amides is 2. The van der Waals surface area contributed by atoms with Gasteiger partial charge in [-0.15, -0.1) is 0 Å². The number of urea groups is 1. The average Bonchev–Trinajstić information content (AvgIpc) is 3.18. The number of nitrogens with one attached hydrogen (secondary N) is 2. The zero-order valence-electron chi connectivity index (χ0n) is 10.7. The molecule has 0 aromatic heterocycles. The van der Waals surface area contributed by atoms with Crippen molar-refractivity contribution in [2.45, 2.75) is 25.8 Å². The smallest absolute Gasteiger partial charge is 0.315 e. The molecule has 0 bridgehead atoms. The van der Waals surface area contributed by atoms with Gasteiger partial charge in [-0.2, -0.15) is 0 Å². The van der Waals surface area contributed by atoms with Crippen LogP contribution in [0, 0.1) is 5.92 Å². The van der Waals surface area contributed by atoms with Crippen molar-refractivity contribution >= 4 is 12.0 Å². The predicted octanol–water partition coefficient (Wildman–Crippen LogP) is 1.52. The Hall–Kier alpha value is -2.04. The van der Waals surface area contributed by atoms with Crippen molar-refractivity contribution in [2.75, 3.05) is 6.54 Å². The first-order valence-corrected chi connectivity index (χ1v) is 6.45. The van der Waals surface area contributed by atoms with E-state index in [1.807, 2.05) is 12.1 Å². The first-order valence-electron chi connectivity index (χ1n) is 6.45. The fourth-order valence-electron chi connectivity index (χ4n) is 1.86. The second kappa shape index (κ2) is 6.22. The van der Waals surface area contributed by atoms with Crippen LogP contribution in [0.1, 0.15) is 24.0 Å². The van der Waals surface area contributed by atoms with E-state index in [1.165, 1.54) is 12.8 Å². The summed E-state index contributed by atoms with van der Waals surface area (Å²) < 4.78 is 0. The van der Waals surface area contributed by atoms with Crippen LogP contribution in [0.4, 0.5) is 4.79 Å². The van der Waals surface area contributed by atoms with E-state index in [4.69, 9.17) is 5.11 Å². The summed E-state index contributed by atoms with van der Waals surface area (Å²) >= 11 is 0. The van der Waals surface area contributed by atoms with Crippen molar-refractivity contribution < 1.29 is 14.7 Å². The lowest BCUT2D eigenvalue weighted by atomic mass is 10.0. The second-order valence-electron chi connectivity index (χ2n) is 4.85. The van der Waals surface area contributed by atoms with Gasteiger partial charge >= 0.3 is 12.0 Å². The van der Waals surface area contributed by atoms with Crippen LogP contribution in [0.3, 0.4) is 0 Å². The third kappa shape index (κ3) is 4.62. The summed E-state index contributed by atoms with van der Waals surface area (Å²) in [7, 11) is 0. The Morgan fingerprint density at radius 2 is 1.84 bits per heavy atom. The highest BCUT2D eigenvalue weighted by Gasteiger charge is 2.21. The van der Waals surface area contributed by atoms with Crippen LogP contribution in [0.25, 0.3) is 0 Å². The van der Waals surface area contributed by atoms with E-state index in [1.54, 1.807) is 12.1 Å². The zero-order chi connectivity index (χ0) is 13.7. The van der Waals surface area contributed by atoms with Gasteiger partial charge in [-0.25, -0.2) is 4.79 Å². The van der Waals surface area contributed by atoms with E-state index in [0.717, 1.165) is 17.7 Å². The lowest BCUT2D eigenvalue weighted by Gasteiger charge is -2.10. The van der Waals surface area contributed by atoms with Gasteiger partial charge in [0.1, 0.15) is 0 Å². The standard InChI is InChI=1S/C14H18N2O3/c17-13(18)7-11-3-1-2-4-12(11)9-16-14(19)15-8-10-5-6-10/h1-4,10H,5-9H2,(H,17,18)(H2,15,16,19). The molecule has 1 aliphatic carbocycles. The van der Waals surface area contributed by atoms with E-state index in [9.17, 15) is 9.59 Å². The first-order chi connectivity index (χ1) is 9.15. The summed E-state index contributed by atoms with van der Waals surface area (Å²) in [5.41, 5.74) is 1.57. The van der Waals surface area contributed by atoms with Crippen molar-refractivity contribution in [1.29, 1.82) is 0 Å². The molecular formula is C14H18N2O3. The Labute approximate surface area is 112 Å². The summed E-state index contributed by atoms with van der Waals surface area (Å²) in [6.07, 6.45) is 2.37. The Kier molecular flexibility index (Phi) is 4.39. The van der Waals surface area contributed by atoms with E-state index in [0.29, 0.717) is 12.5 Å². The average molecular weight is 262 g/mol. The third-order valence-corrected chi connectivity index (χ3v) is 3.15. The lowest BCUT2D eigenvalue weighted by Crippen LogP contribution is -2.36. The maximum Gasteiger partial charge on any atom is 0.315 e. The number of carboxylic acids is 1. The van der Waals surface area contributed by atoms with Crippen LogP contribution in [0.15, 0.2) is 24.3 Å². The molecule has 0 saturated heterocycles. The third-order valence-electron chi connectivity index (χ3n) is 3.15. The molecule has 3 N–H and O–H groups in total. The van der Waals surface area contributed by atoms with E-state index in [-0.39, 0.29) is 12.5 Å². The number of carbonyl (C=O) groups is 2. The molecule has 1 fully saturated rings. The molecule has 1 aliphatic rings. The molecule has 102 valence electrons. The maximum absolute atomic E-state index is 11.5.